The number of nitrogens with one attached hydrogen (secondary N) is 1. The van der Waals surface area contributed by atoms with Crippen molar-refractivity contribution in [3.8, 4) is 11.5 Å². The number of methoxy groups -OCH3 is 2. The molecule has 0 saturated carbocycles. The molecule has 1 aliphatic heterocycles. The molecule has 0 atom stereocenters. The summed E-state index contributed by atoms with van der Waals surface area (Å²) in [6, 6.07) is 7.55. The van der Waals surface area contributed by atoms with Crippen molar-refractivity contribution in [2.45, 2.75) is 0 Å². The van der Waals surface area contributed by atoms with Gasteiger partial charge in [0.25, 0.3) is 11.8 Å². The second-order valence-corrected chi connectivity index (χ2v) is 6.90. The van der Waals surface area contributed by atoms with Gasteiger partial charge >= 0.3 is 12.0 Å². The number of hydrogen-bond donors (Lipinski definition) is 2. The van der Waals surface area contributed by atoms with Crippen LogP contribution in [0.2, 0.25) is 0 Å². The number of halogens is 1. The quantitative estimate of drug-likeness (QED) is 0.396. The topological polar surface area (TPSA) is 122 Å². The molecule has 0 aromatic heterocycles. The van der Waals surface area contributed by atoms with Gasteiger partial charge in [-0.3, -0.25) is 14.9 Å². The van der Waals surface area contributed by atoms with Crippen LogP contribution in [-0.2, 0) is 14.3 Å². The highest BCUT2D eigenvalue weighted by molar-refractivity contribution is 9.10. The van der Waals surface area contributed by atoms with E-state index in [1.54, 1.807) is 0 Å². The predicted octanol–water partition coefficient (Wildman–Crippen LogP) is 2.62. The zero-order valence-electron chi connectivity index (χ0n) is 15.8. The number of carbonyl (C=O) groups excluding carboxylic acids is 4. The summed E-state index contributed by atoms with van der Waals surface area (Å²) in [6.45, 7) is 0. The molecule has 1 fully saturated rings. The molecule has 0 spiro atoms. The van der Waals surface area contributed by atoms with Crippen LogP contribution in [0.4, 0.5) is 10.5 Å². The zero-order valence-corrected chi connectivity index (χ0v) is 17.3. The maximum Gasteiger partial charge on any atom is 0.337 e. The second-order valence-electron chi connectivity index (χ2n) is 6.05. The van der Waals surface area contributed by atoms with Crippen molar-refractivity contribution in [3.63, 3.8) is 0 Å². The summed E-state index contributed by atoms with van der Waals surface area (Å²) >= 11 is 3.17. The third kappa shape index (κ3) is 3.90. The molecule has 30 heavy (non-hydrogen) atoms. The molecule has 1 aliphatic rings. The number of imide groups is 2. The number of barbiturate groups is 1. The van der Waals surface area contributed by atoms with E-state index in [1.165, 1.54) is 56.7 Å². The third-order valence-corrected chi connectivity index (χ3v) is 4.83. The van der Waals surface area contributed by atoms with Gasteiger partial charge in [-0.25, -0.2) is 14.5 Å². The zero-order chi connectivity index (χ0) is 22.0. The number of amides is 4. The van der Waals surface area contributed by atoms with Crippen LogP contribution < -0.4 is 15.0 Å². The number of aromatic hydroxyl groups is 1. The van der Waals surface area contributed by atoms with Crippen molar-refractivity contribution in [2.24, 2.45) is 0 Å². The summed E-state index contributed by atoms with van der Waals surface area (Å²) in [5, 5.41) is 12.0. The van der Waals surface area contributed by atoms with Gasteiger partial charge in [-0.1, -0.05) is 0 Å². The SMILES string of the molecule is COC(=O)c1ccc(N2C(=O)NC(=O)C(=Cc3cc(Br)c(O)c(OC)c3)C2=O)cc1. The van der Waals surface area contributed by atoms with Gasteiger partial charge in [-0.2, -0.15) is 0 Å². The van der Waals surface area contributed by atoms with Crippen LogP contribution in [0.15, 0.2) is 46.4 Å². The van der Waals surface area contributed by atoms with Gasteiger partial charge in [0.05, 0.1) is 29.9 Å². The fraction of sp³-hybridized carbons (Fsp3) is 0.100. The highest BCUT2D eigenvalue weighted by atomic mass is 79.9. The minimum atomic E-state index is -0.919. The van der Waals surface area contributed by atoms with Crippen molar-refractivity contribution in [2.75, 3.05) is 19.1 Å². The van der Waals surface area contributed by atoms with Gasteiger partial charge in [-0.15, -0.1) is 0 Å². The van der Waals surface area contributed by atoms with Crippen LogP contribution in [0.5, 0.6) is 11.5 Å². The first-order valence-electron chi connectivity index (χ1n) is 8.43. The Morgan fingerprint density at radius 3 is 2.40 bits per heavy atom. The molecule has 9 nitrogen and oxygen atoms in total. The molecule has 0 radical (unpaired) electrons. The van der Waals surface area contributed by atoms with Gasteiger partial charge in [0.2, 0.25) is 0 Å². The smallest absolute Gasteiger partial charge is 0.337 e. The van der Waals surface area contributed by atoms with Crippen LogP contribution in [0, 0.1) is 0 Å². The van der Waals surface area contributed by atoms with Crippen LogP contribution in [-0.4, -0.2) is 43.1 Å². The van der Waals surface area contributed by atoms with Crippen molar-refractivity contribution < 1.29 is 33.8 Å². The first-order chi connectivity index (χ1) is 14.3. The van der Waals surface area contributed by atoms with Crippen LogP contribution in [0.25, 0.3) is 6.08 Å². The molecule has 154 valence electrons. The number of rotatable bonds is 4. The van der Waals surface area contributed by atoms with E-state index in [2.05, 4.69) is 26.0 Å². The number of urea groups is 1. The van der Waals surface area contributed by atoms with E-state index in [9.17, 15) is 24.3 Å². The van der Waals surface area contributed by atoms with Gasteiger partial charge in [0.15, 0.2) is 11.5 Å². The maximum absolute atomic E-state index is 12.9. The Bertz CT molecular complexity index is 1090. The van der Waals surface area contributed by atoms with Crippen LogP contribution in [0.1, 0.15) is 15.9 Å². The molecule has 0 bridgehead atoms. The molecule has 0 unspecified atom stereocenters. The molecule has 10 heteroatoms. The number of anilines is 1. The van der Waals surface area contributed by atoms with Crippen molar-refractivity contribution in [1.29, 1.82) is 0 Å². The lowest BCUT2D eigenvalue weighted by Gasteiger charge is -2.26. The summed E-state index contributed by atoms with van der Waals surface area (Å²) in [7, 11) is 2.59. The molecule has 0 aliphatic carbocycles. The molecule has 2 aromatic carbocycles. The molecule has 1 saturated heterocycles. The third-order valence-electron chi connectivity index (χ3n) is 4.23. The largest absolute Gasteiger partial charge is 0.503 e. The molecule has 2 aromatic rings. The monoisotopic (exact) mass is 474 g/mol. The Morgan fingerprint density at radius 1 is 1.13 bits per heavy atom. The lowest BCUT2D eigenvalue weighted by molar-refractivity contribution is -0.122. The van der Waals surface area contributed by atoms with E-state index >= 15 is 0 Å². The number of ether oxygens (including phenoxy) is 2. The minimum absolute atomic E-state index is 0.131. The van der Waals surface area contributed by atoms with Crippen molar-refractivity contribution >= 4 is 51.5 Å². The standard InChI is InChI=1S/C20H15BrN2O7/c1-29-15-9-10(8-14(21)16(15)24)7-13-17(25)22-20(28)23(18(13)26)12-5-3-11(4-6-12)19(27)30-2/h3-9,24H,1-2H3,(H,22,25,28). The molecule has 1 heterocycles. The Labute approximate surface area is 179 Å². The normalized spacial score (nSPS) is 15.2. The van der Waals surface area contributed by atoms with Gasteiger partial charge in [0, 0.05) is 0 Å². The van der Waals surface area contributed by atoms with Gasteiger partial charge in [0.1, 0.15) is 5.57 Å². The predicted molar refractivity (Wildman–Crippen MR) is 109 cm³/mol. The Balaban J connectivity index is 2.00. The summed E-state index contributed by atoms with van der Waals surface area (Å²) in [4.78, 5) is 49.8. The number of phenols is 1. The van der Waals surface area contributed by atoms with E-state index in [0.29, 0.717) is 10.0 Å². The van der Waals surface area contributed by atoms with E-state index in [-0.39, 0.29) is 28.3 Å². The number of carbonyl (C=O) groups is 4. The van der Waals surface area contributed by atoms with E-state index in [0.717, 1.165) is 4.90 Å². The van der Waals surface area contributed by atoms with E-state index < -0.39 is 23.8 Å². The molecular weight excluding hydrogens is 460 g/mol. The number of benzene rings is 2. The van der Waals surface area contributed by atoms with Crippen molar-refractivity contribution in [1.82, 2.24) is 5.32 Å². The van der Waals surface area contributed by atoms with Crippen LogP contribution in [0.3, 0.4) is 0 Å². The number of hydrogen-bond acceptors (Lipinski definition) is 7. The maximum atomic E-state index is 12.9. The summed E-state index contributed by atoms with van der Waals surface area (Å²) in [5.74, 6) is -2.29. The Hall–Kier alpha value is -3.66. The highest BCUT2D eigenvalue weighted by Gasteiger charge is 2.37. The lowest BCUT2D eigenvalue weighted by Crippen LogP contribution is -2.54. The highest BCUT2D eigenvalue weighted by Crippen LogP contribution is 2.36. The fourth-order valence-electron chi connectivity index (χ4n) is 2.76. The van der Waals surface area contributed by atoms with E-state index in [1.807, 2.05) is 0 Å². The number of nitrogens with zero attached hydrogens (tertiary/aromatic N) is 1. The van der Waals surface area contributed by atoms with E-state index in [4.69, 9.17) is 4.74 Å². The number of phenolic OH excluding ortho intramolecular Hbond substituents is 1. The summed E-state index contributed by atoms with van der Waals surface area (Å²) in [6.07, 6.45) is 1.27. The first-order valence-corrected chi connectivity index (χ1v) is 9.22. The minimum Gasteiger partial charge on any atom is -0.503 e. The molecule has 3 rings (SSSR count). The molecule has 2 N–H and O–H groups in total. The molecular formula is C20H15BrN2O7. The average molecular weight is 475 g/mol. The lowest BCUT2D eigenvalue weighted by atomic mass is 10.1. The number of esters is 1. The average Bonchev–Trinajstić information content (AvgIpc) is 2.73. The van der Waals surface area contributed by atoms with Crippen molar-refractivity contribution in [3.05, 3.63) is 57.6 Å². The first kappa shape index (κ1) is 21.1. The van der Waals surface area contributed by atoms with Crippen LogP contribution >= 0.6 is 15.9 Å². The fourth-order valence-corrected chi connectivity index (χ4v) is 3.22. The Morgan fingerprint density at radius 2 is 1.80 bits per heavy atom. The molecule has 4 amide bonds. The van der Waals surface area contributed by atoms with Gasteiger partial charge in [-0.05, 0) is 64.0 Å². The second kappa shape index (κ2) is 8.37. The summed E-state index contributed by atoms with van der Waals surface area (Å²) < 4.78 is 9.97. The van der Waals surface area contributed by atoms with Gasteiger partial charge < -0.3 is 14.6 Å². The summed E-state index contributed by atoms with van der Waals surface area (Å²) in [5.41, 5.74) is 0.476. The Kier molecular flexibility index (Phi) is 5.88.